The van der Waals surface area contributed by atoms with Crippen LogP contribution in [0.1, 0.15) is 17.2 Å². The van der Waals surface area contributed by atoms with Gasteiger partial charge in [0.2, 0.25) is 0 Å². The normalized spacial score (nSPS) is 11.0. The number of nitrogens with zero attached hydrogens (tertiary/aromatic N) is 4. The summed E-state index contributed by atoms with van der Waals surface area (Å²) < 4.78 is 2.08. The van der Waals surface area contributed by atoms with E-state index in [1.165, 1.54) is 5.56 Å². The van der Waals surface area contributed by atoms with Crippen LogP contribution in [0.2, 0.25) is 5.15 Å². The van der Waals surface area contributed by atoms with E-state index in [0.29, 0.717) is 23.3 Å². The number of hydrogen-bond donors (Lipinski definition) is 1. The minimum Gasteiger partial charge on any atom is -0.363 e. The molecule has 0 aliphatic rings. The van der Waals surface area contributed by atoms with Gasteiger partial charge in [0.25, 0.3) is 0 Å². The number of aryl methyl sites for hydroxylation is 3. The Bertz CT molecular complexity index is 789. The molecule has 0 aliphatic heterocycles. The molecule has 2 aromatic heterocycles. The Labute approximate surface area is 128 Å². The van der Waals surface area contributed by atoms with Gasteiger partial charge in [0.05, 0.1) is 17.6 Å². The van der Waals surface area contributed by atoms with Crippen molar-refractivity contribution in [3.63, 3.8) is 0 Å². The van der Waals surface area contributed by atoms with Crippen LogP contribution in [-0.4, -0.2) is 19.5 Å². The SMILES string of the molecule is Cc1ccc2c(c1)nc(CNc1cc(Cl)nc(C)n1)n2C. The van der Waals surface area contributed by atoms with Crippen molar-refractivity contribution in [1.29, 1.82) is 0 Å². The molecule has 0 aliphatic carbocycles. The topological polar surface area (TPSA) is 55.6 Å². The Morgan fingerprint density at radius 2 is 1.95 bits per heavy atom. The van der Waals surface area contributed by atoms with Gasteiger partial charge in [-0.15, -0.1) is 0 Å². The highest BCUT2D eigenvalue weighted by Crippen LogP contribution is 2.18. The fourth-order valence-electron chi connectivity index (χ4n) is 2.31. The molecule has 1 aromatic carbocycles. The zero-order valence-corrected chi connectivity index (χ0v) is 12.9. The molecule has 0 unspecified atom stereocenters. The Morgan fingerprint density at radius 3 is 2.71 bits per heavy atom. The van der Waals surface area contributed by atoms with Gasteiger partial charge in [-0.1, -0.05) is 17.7 Å². The predicted octanol–water partition coefficient (Wildman–Crippen LogP) is 3.25. The highest BCUT2D eigenvalue weighted by molar-refractivity contribution is 6.29. The van der Waals surface area contributed by atoms with E-state index in [9.17, 15) is 0 Å². The molecule has 6 heteroatoms. The third kappa shape index (κ3) is 2.83. The zero-order valence-electron chi connectivity index (χ0n) is 12.2. The Morgan fingerprint density at radius 1 is 1.14 bits per heavy atom. The van der Waals surface area contributed by atoms with Crippen LogP contribution in [0.4, 0.5) is 5.82 Å². The van der Waals surface area contributed by atoms with Gasteiger partial charge in [0, 0.05) is 13.1 Å². The Kier molecular flexibility index (Phi) is 3.51. The van der Waals surface area contributed by atoms with Crippen molar-refractivity contribution in [2.45, 2.75) is 20.4 Å². The molecule has 0 amide bonds. The van der Waals surface area contributed by atoms with Gasteiger partial charge in [-0.05, 0) is 31.5 Å². The largest absolute Gasteiger partial charge is 0.363 e. The smallest absolute Gasteiger partial charge is 0.134 e. The van der Waals surface area contributed by atoms with Gasteiger partial charge in [0.1, 0.15) is 22.6 Å². The Balaban J connectivity index is 1.86. The van der Waals surface area contributed by atoms with Crippen LogP contribution in [-0.2, 0) is 13.6 Å². The van der Waals surface area contributed by atoms with Crippen LogP contribution in [0.3, 0.4) is 0 Å². The first kappa shape index (κ1) is 13.8. The summed E-state index contributed by atoms with van der Waals surface area (Å²) in [6.07, 6.45) is 0. The minimum atomic E-state index is 0.436. The van der Waals surface area contributed by atoms with Crippen molar-refractivity contribution in [1.82, 2.24) is 19.5 Å². The van der Waals surface area contributed by atoms with Gasteiger partial charge in [-0.2, -0.15) is 0 Å². The van der Waals surface area contributed by atoms with Crippen molar-refractivity contribution in [3.05, 3.63) is 46.6 Å². The summed E-state index contributed by atoms with van der Waals surface area (Å²) in [5, 5.41) is 3.68. The van der Waals surface area contributed by atoms with Gasteiger partial charge < -0.3 is 9.88 Å². The van der Waals surface area contributed by atoms with E-state index < -0.39 is 0 Å². The summed E-state index contributed by atoms with van der Waals surface area (Å²) in [6, 6.07) is 7.98. The second-order valence-electron chi connectivity index (χ2n) is 5.06. The van der Waals surface area contributed by atoms with Gasteiger partial charge in [-0.25, -0.2) is 15.0 Å². The summed E-state index contributed by atoms with van der Waals surface area (Å²) >= 11 is 5.93. The summed E-state index contributed by atoms with van der Waals surface area (Å²) in [5.41, 5.74) is 3.33. The van der Waals surface area contributed by atoms with Crippen molar-refractivity contribution in [3.8, 4) is 0 Å². The second kappa shape index (κ2) is 5.33. The molecule has 2 heterocycles. The molecule has 5 nitrogen and oxygen atoms in total. The fourth-order valence-corrected chi connectivity index (χ4v) is 2.53. The molecule has 3 rings (SSSR count). The third-order valence-electron chi connectivity index (χ3n) is 3.36. The molecule has 0 radical (unpaired) electrons. The quantitative estimate of drug-likeness (QED) is 0.755. The molecular formula is C15H16ClN5. The maximum atomic E-state index is 5.93. The molecule has 0 fully saturated rings. The van der Waals surface area contributed by atoms with Gasteiger partial charge in [-0.3, -0.25) is 0 Å². The van der Waals surface area contributed by atoms with Gasteiger partial charge in [0.15, 0.2) is 0 Å². The summed E-state index contributed by atoms with van der Waals surface area (Å²) in [4.78, 5) is 13.0. The maximum absolute atomic E-state index is 5.93. The molecule has 0 saturated carbocycles. The number of nitrogens with one attached hydrogen (secondary N) is 1. The van der Waals surface area contributed by atoms with Crippen LogP contribution in [0.15, 0.2) is 24.3 Å². The number of hydrogen-bond acceptors (Lipinski definition) is 4. The van der Waals surface area contributed by atoms with Gasteiger partial charge >= 0.3 is 0 Å². The van der Waals surface area contributed by atoms with E-state index in [4.69, 9.17) is 11.6 Å². The Hall–Kier alpha value is -2.14. The van der Waals surface area contributed by atoms with E-state index in [2.05, 4.69) is 50.0 Å². The van der Waals surface area contributed by atoms with E-state index in [0.717, 1.165) is 16.9 Å². The first-order valence-corrected chi connectivity index (χ1v) is 7.08. The molecular weight excluding hydrogens is 286 g/mol. The number of fused-ring (bicyclic) bond motifs is 1. The number of aromatic nitrogens is 4. The van der Waals surface area contributed by atoms with Crippen molar-refractivity contribution < 1.29 is 0 Å². The molecule has 0 bridgehead atoms. The number of halogens is 1. The fraction of sp³-hybridized carbons (Fsp3) is 0.267. The lowest BCUT2D eigenvalue weighted by atomic mass is 10.2. The van der Waals surface area contributed by atoms with Crippen LogP contribution in [0, 0.1) is 13.8 Å². The lowest BCUT2D eigenvalue weighted by Crippen LogP contribution is -2.07. The number of benzene rings is 1. The van der Waals surface area contributed by atoms with E-state index in [1.807, 2.05) is 14.0 Å². The standard InChI is InChI=1S/C15H16ClN5/c1-9-4-5-12-11(6-9)20-15(21(12)3)8-17-14-7-13(16)18-10(2)19-14/h4-7H,8H2,1-3H3,(H,17,18,19). The van der Waals surface area contributed by atoms with Crippen LogP contribution in [0.25, 0.3) is 11.0 Å². The van der Waals surface area contributed by atoms with Crippen molar-refractivity contribution in [2.75, 3.05) is 5.32 Å². The van der Waals surface area contributed by atoms with E-state index >= 15 is 0 Å². The minimum absolute atomic E-state index is 0.436. The lowest BCUT2D eigenvalue weighted by molar-refractivity contribution is 0.830. The zero-order chi connectivity index (χ0) is 15.0. The predicted molar refractivity (Wildman–Crippen MR) is 84.6 cm³/mol. The first-order chi connectivity index (χ1) is 10.0. The summed E-state index contributed by atoms with van der Waals surface area (Å²) in [5.74, 6) is 2.30. The summed E-state index contributed by atoms with van der Waals surface area (Å²) in [7, 11) is 2.01. The average molecular weight is 302 g/mol. The molecule has 0 saturated heterocycles. The van der Waals surface area contributed by atoms with Crippen molar-refractivity contribution >= 4 is 28.5 Å². The number of imidazole rings is 1. The highest BCUT2D eigenvalue weighted by Gasteiger charge is 2.08. The third-order valence-corrected chi connectivity index (χ3v) is 3.56. The monoisotopic (exact) mass is 301 g/mol. The maximum Gasteiger partial charge on any atom is 0.134 e. The van der Waals surface area contributed by atoms with Crippen LogP contribution < -0.4 is 5.32 Å². The van der Waals surface area contributed by atoms with Crippen molar-refractivity contribution in [2.24, 2.45) is 7.05 Å². The molecule has 0 spiro atoms. The average Bonchev–Trinajstić information content (AvgIpc) is 2.71. The number of anilines is 1. The summed E-state index contributed by atoms with van der Waals surface area (Å²) in [6.45, 7) is 4.46. The molecule has 0 atom stereocenters. The van der Waals surface area contributed by atoms with E-state index in [-0.39, 0.29) is 0 Å². The van der Waals surface area contributed by atoms with Crippen LogP contribution in [0.5, 0.6) is 0 Å². The van der Waals surface area contributed by atoms with Crippen LogP contribution >= 0.6 is 11.6 Å². The van der Waals surface area contributed by atoms with E-state index in [1.54, 1.807) is 6.07 Å². The highest BCUT2D eigenvalue weighted by atomic mass is 35.5. The lowest BCUT2D eigenvalue weighted by Gasteiger charge is -2.06. The molecule has 3 aromatic rings. The second-order valence-corrected chi connectivity index (χ2v) is 5.44. The number of rotatable bonds is 3. The molecule has 108 valence electrons. The first-order valence-electron chi connectivity index (χ1n) is 6.70. The molecule has 21 heavy (non-hydrogen) atoms. The molecule has 1 N–H and O–H groups in total.